The van der Waals surface area contributed by atoms with E-state index in [4.69, 9.17) is 27.9 Å². The quantitative estimate of drug-likeness (QED) is 0.370. The molecule has 30 heavy (non-hydrogen) atoms. The van der Waals surface area contributed by atoms with Gasteiger partial charge in [-0.3, -0.25) is 4.79 Å². The lowest BCUT2D eigenvalue weighted by Gasteiger charge is -2.14. The fraction of sp³-hybridized carbons (Fsp3) is 0.333. The second kappa shape index (κ2) is 8.93. The monoisotopic (exact) mass is 461 g/mol. The summed E-state index contributed by atoms with van der Waals surface area (Å²) in [5, 5.41) is 12.9. The van der Waals surface area contributed by atoms with E-state index in [0.717, 1.165) is 4.68 Å². The van der Waals surface area contributed by atoms with Gasteiger partial charge in [-0.25, -0.2) is 9.67 Å². The lowest BCUT2D eigenvalue weighted by Crippen LogP contribution is -2.12. The molecule has 0 saturated heterocycles. The number of esters is 1. The molecule has 1 aromatic carbocycles. The molecule has 2 aromatic rings. The largest absolute Gasteiger partial charge is 0.469 e. The van der Waals surface area contributed by atoms with Crippen molar-refractivity contribution in [3.05, 3.63) is 39.0 Å². The number of aromatic nitrogens is 2. The number of hydrogen-bond donors (Lipinski definition) is 0. The van der Waals surface area contributed by atoms with Gasteiger partial charge in [-0.15, -0.1) is 0 Å². The van der Waals surface area contributed by atoms with E-state index in [1.54, 1.807) is 19.0 Å². The maximum atomic E-state index is 13.1. The fourth-order valence-corrected chi connectivity index (χ4v) is 3.23. The third-order valence-electron chi connectivity index (χ3n) is 3.96. The Morgan fingerprint density at radius 1 is 1.37 bits per heavy atom. The van der Waals surface area contributed by atoms with Crippen LogP contribution < -0.4 is 0 Å². The average molecular weight is 462 g/mol. The molecule has 0 bridgehead atoms. The highest BCUT2D eigenvalue weighted by Gasteiger charge is 2.34. The Hall–Kier alpha value is -2.77. The minimum absolute atomic E-state index is 0.00158. The topological polar surface area (TPSA) is 83.5 Å². The third kappa shape index (κ3) is 4.68. The molecular weight excluding hydrogens is 446 g/mol. The highest BCUT2D eigenvalue weighted by Crippen LogP contribution is 2.41. The van der Waals surface area contributed by atoms with Gasteiger partial charge >= 0.3 is 12.1 Å². The molecule has 0 aliphatic heterocycles. The number of hydrogen-bond acceptors (Lipinski definition) is 5. The van der Waals surface area contributed by atoms with Crippen molar-refractivity contribution in [1.29, 1.82) is 5.26 Å². The minimum atomic E-state index is -4.66. The van der Waals surface area contributed by atoms with E-state index in [-0.39, 0.29) is 32.8 Å². The smallest absolute Gasteiger partial charge is 0.416 e. The summed E-state index contributed by atoms with van der Waals surface area (Å²) >= 11 is 12.2. The van der Waals surface area contributed by atoms with E-state index < -0.39 is 23.6 Å². The number of alkyl halides is 3. The molecular formula is C18H16Cl2F3N5O2. The number of ether oxygens (including phenoxy) is 1. The summed E-state index contributed by atoms with van der Waals surface area (Å²) in [6.45, 7) is 1.48. The van der Waals surface area contributed by atoms with Crippen LogP contribution in [0.1, 0.15) is 29.7 Å². The molecule has 2 rings (SSSR count). The molecule has 7 nitrogen and oxygen atoms in total. The summed E-state index contributed by atoms with van der Waals surface area (Å²) in [5.41, 5.74) is -1.22. The van der Waals surface area contributed by atoms with Gasteiger partial charge in [0.2, 0.25) is 0 Å². The van der Waals surface area contributed by atoms with Gasteiger partial charge in [-0.05, 0) is 19.1 Å². The third-order valence-corrected chi connectivity index (χ3v) is 4.53. The summed E-state index contributed by atoms with van der Waals surface area (Å²) in [4.78, 5) is 17.9. The van der Waals surface area contributed by atoms with Crippen molar-refractivity contribution in [1.82, 2.24) is 14.7 Å². The molecule has 0 saturated carbocycles. The first-order valence-corrected chi connectivity index (χ1v) is 9.06. The molecule has 0 amide bonds. The lowest BCUT2D eigenvalue weighted by atomic mass is 10.0. The van der Waals surface area contributed by atoms with Crippen LogP contribution in [0, 0.1) is 11.3 Å². The average Bonchev–Trinajstić information content (AvgIpc) is 3.01. The Morgan fingerprint density at radius 2 is 1.93 bits per heavy atom. The molecule has 0 fully saturated rings. The Labute approximate surface area is 180 Å². The molecule has 0 N–H and O–H groups in total. The predicted octanol–water partition coefficient (Wildman–Crippen LogP) is 4.57. The van der Waals surface area contributed by atoms with Crippen LogP contribution in [0.25, 0.3) is 5.69 Å². The van der Waals surface area contributed by atoms with E-state index in [0.29, 0.717) is 12.1 Å². The summed E-state index contributed by atoms with van der Waals surface area (Å²) < 4.78 is 45.0. The predicted molar refractivity (Wildman–Crippen MR) is 106 cm³/mol. The maximum absolute atomic E-state index is 13.1. The first kappa shape index (κ1) is 23.5. The zero-order valence-corrected chi connectivity index (χ0v) is 17.8. The Morgan fingerprint density at radius 3 is 2.37 bits per heavy atom. The summed E-state index contributed by atoms with van der Waals surface area (Å²) in [7, 11) is 4.54. The molecule has 12 heteroatoms. The van der Waals surface area contributed by atoms with Crippen LogP contribution in [0.3, 0.4) is 0 Å². The number of nitrogens with zero attached hydrogens (tertiary/aromatic N) is 5. The van der Waals surface area contributed by atoms with Crippen molar-refractivity contribution in [2.75, 3.05) is 21.2 Å². The number of halogens is 5. The van der Waals surface area contributed by atoms with Gasteiger partial charge in [-0.2, -0.15) is 23.5 Å². The van der Waals surface area contributed by atoms with Crippen LogP contribution >= 0.6 is 23.2 Å². The second-order valence-corrected chi connectivity index (χ2v) is 7.16. The Kier molecular flexibility index (Phi) is 7.00. The lowest BCUT2D eigenvalue weighted by molar-refractivity contribution is -0.142. The molecule has 1 unspecified atom stereocenters. The first-order chi connectivity index (χ1) is 13.9. The van der Waals surface area contributed by atoms with Crippen LogP contribution in [0.5, 0.6) is 0 Å². The van der Waals surface area contributed by atoms with Gasteiger partial charge in [0.15, 0.2) is 11.5 Å². The first-order valence-electron chi connectivity index (χ1n) is 8.30. The van der Waals surface area contributed by atoms with E-state index >= 15 is 0 Å². The number of rotatable bonds is 5. The maximum Gasteiger partial charge on any atom is 0.416 e. The molecule has 0 spiro atoms. The van der Waals surface area contributed by atoms with Crippen molar-refractivity contribution < 1.29 is 22.7 Å². The van der Waals surface area contributed by atoms with E-state index in [1.807, 2.05) is 6.07 Å². The number of methoxy groups -OCH3 is 1. The van der Waals surface area contributed by atoms with Crippen molar-refractivity contribution in [3.8, 4) is 11.8 Å². The van der Waals surface area contributed by atoms with E-state index in [1.165, 1.54) is 20.4 Å². The molecule has 1 heterocycles. The van der Waals surface area contributed by atoms with Gasteiger partial charge in [-0.1, -0.05) is 23.2 Å². The van der Waals surface area contributed by atoms with E-state index in [2.05, 4.69) is 10.1 Å². The highest BCUT2D eigenvalue weighted by molar-refractivity contribution is 6.38. The summed E-state index contributed by atoms with van der Waals surface area (Å²) in [6, 6.07) is 3.24. The standard InChI is InChI=1S/C18H16Cl2F3N5O2/c1-9(17(29)30-4)14-13(7-24)26-28(16(14)25-8-27(2)3)15-11(19)5-10(6-12(15)20)18(21,22)23/h5-6,8-9H,1-4H3. The summed E-state index contributed by atoms with van der Waals surface area (Å²) in [5.74, 6) is -1.60. The molecule has 0 aliphatic carbocycles. The SMILES string of the molecule is COC(=O)C(C)c1c(C#N)nn(-c2c(Cl)cc(C(F)(F)F)cc2Cl)c1N=CN(C)C. The van der Waals surface area contributed by atoms with Crippen LogP contribution in [-0.4, -0.2) is 48.2 Å². The Balaban J connectivity index is 2.86. The number of aliphatic imine (C=N–C) groups is 1. The van der Waals surface area contributed by atoms with Crippen molar-refractivity contribution in [2.24, 2.45) is 4.99 Å². The molecule has 1 aromatic heterocycles. The van der Waals surface area contributed by atoms with Gasteiger partial charge < -0.3 is 9.64 Å². The van der Waals surface area contributed by atoms with E-state index in [9.17, 15) is 23.2 Å². The van der Waals surface area contributed by atoms with Crippen molar-refractivity contribution >= 4 is 41.3 Å². The summed E-state index contributed by atoms with van der Waals surface area (Å²) in [6.07, 6.45) is -3.29. The van der Waals surface area contributed by atoms with Gasteiger partial charge in [0.1, 0.15) is 11.8 Å². The van der Waals surface area contributed by atoms with Crippen molar-refractivity contribution in [3.63, 3.8) is 0 Å². The molecule has 1 atom stereocenters. The zero-order chi connectivity index (χ0) is 22.8. The number of carbonyl (C=O) groups excluding carboxylic acids is 1. The molecule has 0 aliphatic rings. The molecule has 0 radical (unpaired) electrons. The van der Waals surface area contributed by atoms with Crippen LogP contribution in [0.15, 0.2) is 17.1 Å². The zero-order valence-electron chi connectivity index (χ0n) is 16.3. The fourth-order valence-electron chi connectivity index (χ4n) is 2.58. The number of nitriles is 1. The highest BCUT2D eigenvalue weighted by atomic mass is 35.5. The normalized spacial score (nSPS) is 12.7. The van der Waals surface area contributed by atoms with Gasteiger partial charge in [0.25, 0.3) is 0 Å². The van der Waals surface area contributed by atoms with Gasteiger partial charge in [0, 0.05) is 19.7 Å². The number of carbonyl (C=O) groups is 1. The second-order valence-electron chi connectivity index (χ2n) is 6.35. The van der Waals surface area contributed by atoms with Crippen LogP contribution in [-0.2, 0) is 15.7 Å². The van der Waals surface area contributed by atoms with Gasteiger partial charge in [0.05, 0.1) is 35.0 Å². The minimum Gasteiger partial charge on any atom is -0.469 e. The number of benzene rings is 1. The Bertz CT molecular complexity index is 1020. The molecule has 160 valence electrons. The van der Waals surface area contributed by atoms with Crippen LogP contribution in [0.4, 0.5) is 19.0 Å². The van der Waals surface area contributed by atoms with Crippen LogP contribution in [0.2, 0.25) is 10.0 Å². The van der Waals surface area contributed by atoms with Crippen molar-refractivity contribution in [2.45, 2.75) is 19.0 Å².